The Bertz CT molecular complexity index is 271. The van der Waals surface area contributed by atoms with E-state index in [2.05, 4.69) is 11.6 Å². The fraction of sp³-hybridized carbons (Fsp3) is 0.143. The maximum atomic E-state index is 8.30. The highest BCUT2D eigenvalue weighted by molar-refractivity contribution is 5.02. The number of nitriles is 1. The molecule has 0 bridgehead atoms. The lowest BCUT2D eigenvalue weighted by Gasteiger charge is -1.74. The van der Waals surface area contributed by atoms with Gasteiger partial charge < -0.3 is 17.0 Å². The summed E-state index contributed by atoms with van der Waals surface area (Å²) in [5, 5.41) is 8.30. The van der Waals surface area contributed by atoms with Gasteiger partial charge >= 0.3 is 0 Å². The summed E-state index contributed by atoms with van der Waals surface area (Å²) in [6, 6.07) is 2.04. The van der Waals surface area contributed by atoms with Crippen molar-refractivity contribution in [3.63, 3.8) is 0 Å². The Kier molecular flexibility index (Phi) is 4.23. The highest BCUT2D eigenvalue weighted by atomic mass is 79.9. The van der Waals surface area contributed by atoms with Crippen molar-refractivity contribution in [3.8, 4) is 6.07 Å². The summed E-state index contributed by atoms with van der Waals surface area (Å²) >= 11 is 0. The van der Waals surface area contributed by atoms with E-state index in [-0.39, 0.29) is 17.0 Å². The van der Waals surface area contributed by atoms with E-state index >= 15 is 0 Å². The van der Waals surface area contributed by atoms with Crippen LogP contribution in [0.25, 0.3) is 6.20 Å². The average Bonchev–Trinajstić information content (AvgIpc) is 2.37. The number of rotatable bonds is 2. The lowest BCUT2D eigenvalue weighted by Crippen LogP contribution is -3.00. The van der Waals surface area contributed by atoms with Gasteiger partial charge in [0.25, 0.3) is 0 Å². The van der Waals surface area contributed by atoms with Crippen molar-refractivity contribution in [2.75, 3.05) is 0 Å². The van der Waals surface area contributed by atoms with Crippen molar-refractivity contribution >= 4 is 6.20 Å². The van der Waals surface area contributed by atoms with Crippen LogP contribution in [0.5, 0.6) is 0 Å². The number of aromatic amines is 1. The van der Waals surface area contributed by atoms with E-state index in [0.717, 1.165) is 5.69 Å². The fourth-order valence-electron chi connectivity index (χ4n) is 0.699. The second kappa shape index (κ2) is 4.69. The molecule has 3 nitrogen and oxygen atoms in total. The molecule has 0 saturated heterocycles. The summed E-state index contributed by atoms with van der Waals surface area (Å²) in [5.74, 6) is 0. The number of nitrogens with one attached hydrogen (secondary N) is 1. The van der Waals surface area contributed by atoms with Gasteiger partial charge in [-0.1, -0.05) is 6.58 Å². The van der Waals surface area contributed by atoms with Crippen molar-refractivity contribution in [1.29, 1.82) is 5.26 Å². The SMILES string of the molecule is C=C[n+]1c[nH]c(CC#N)c1.[Br-]. The van der Waals surface area contributed by atoms with Gasteiger partial charge in [-0.25, -0.2) is 9.55 Å². The van der Waals surface area contributed by atoms with Crippen LogP contribution >= 0.6 is 0 Å². The van der Waals surface area contributed by atoms with Crippen LogP contribution < -0.4 is 21.5 Å². The second-order valence-corrected chi connectivity index (χ2v) is 1.89. The molecular weight excluding hydrogens is 206 g/mol. The summed E-state index contributed by atoms with van der Waals surface area (Å²) in [5.41, 5.74) is 0.905. The molecule has 0 spiro atoms. The Morgan fingerprint density at radius 1 is 1.82 bits per heavy atom. The first-order valence-electron chi connectivity index (χ1n) is 2.94. The number of imidazole rings is 1. The summed E-state index contributed by atoms with van der Waals surface area (Å²) < 4.78 is 1.77. The van der Waals surface area contributed by atoms with Gasteiger partial charge in [0.05, 0.1) is 12.3 Å². The molecule has 0 saturated carbocycles. The zero-order valence-electron chi connectivity index (χ0n) is 5.92. The van der Waals surface area contributed by atoms with E-state index < -0.39 is 0 Å². The number of nitrogens with zero attached hydrogens (tertiary/aromatic N) is 2. The maximum absolute atomic E-state index is 8.30. The Morgan fingerprint density at radius 2 is 2.55 bits per heavy atom. The number of H-pyrrole nitrogens is 1. The Balaban J connectivity index is 0.000001000. The molecule has 0 aromatic carbocycles. The largest absolute Gasteiger partial charge is 1.00 e. The van der Waals surface area contributed by atoms with Gasteiger partial charge in [0.1, 0.15) is 12.6 Å². The van der Waals surface area contributed by atoms with Crippen LogP contribution in [0.2, 0.25) is 0 Å². The quantitative estimate of drug-likeness (QED) is 0.542. The van der Waals surface area contributed by atoms with E-state index in [1.54, 1.807) is 17.1 Å². The smallest absolute Gasteiger partial charge is 0.246 e. The average molecular weight is 214 g/mol. The van der Waals surface area contributed by atoms with Crippen molar-refractivity contribution in [3.05, 3.63) is 24.8 Å². The highest BCUT2D eigenvalue weighted by Crippen LogP contribution is 1.88. The number of hydrogen-bond donors (Lipinski definition) is 1. The van der Waals surface area contributed by atoms with E-state index in [4.69, 9.17) is 5.26 Å². The van der Waals surface area contributed by atoms with Gasteiger partial charge in [0.15, 0.2) is 5.69 Å². The topological polar surface area (TPSA) is 43.5 Å². The highest BCUT2D eigenvalue weighted by Gasteiger charge is 1.99. The van der Waals surface area contributed by atoms with Crippen LogP contribution in [0.4, 0.5) is 0 Å². The summed E-state index contributed by atoms with van der Waals surface area (Å²) in [7, 11) is 0. The lowest BCUT2D eigenvalue weighted by atomic mass is 10.4. The molecule has 4 heteroatoms. The van der Waals surface area contributed by atoms with Crippen molar-refractivity contribution in [2.45, 2.75) is 6.42 Å². The molecule has 1 rings (SSSR count). The van der Waals surface area contributed by atoms with Gasteiger partial charge in [-0.3, -0.25) is 0 Å². The van der Waals surface area contributed by atoms with Crippen LogP contribution in [0.3, 0.4) is 0 Å². The minimum absolute atomic E-state index is 0. The van der Waals surface area contributed by atoms with Crippen molar-refractivity contribution < 1.29 is 21.5 Å². The minimum atomic E-state index is 0. The zero-order valence-corrected chi connectivity index (χ0v) is 7.50. The first-order chi connectivity index (χ1) is 4.86. The fourth-order valence-corrected chi connectivity index (χ4v) is 0.699. The molecule has 58 valence electrons. The van der Waals surface area contributed by atoms with Gasteiger partial charge in [-0.15, -0.1) is 0 Å². The third-order valence-electron chi connectivity index (χ3n) is 1.18. The molecule has 1 heterocycles. The predicted molar refractivity (Wildman–Crippen MR) is 36.7 cm³/mol. The number of hydrogen-bond acceptors (Lipinski definition) is 1. The molecule has 1 aromatic heterocycles. The normalized spacial score (nSPS) is 7.91. The molecule has 0 unspecified atom stereocenters. The minimum Gasteiger partial charge on any atom is -1.00 e. The van der Waals surface area contributed by atoms with Crippen LogP contribution in [-0.2, 0) is 6.42 Å². The van der Waals surface area contributed by atoms with Gasteiger partial charge in [0, 0.05) is 0 Å². The third kappa shape index (κ3) is 2.56. The molecule has 0 aliphatic rings. The molecule has 0 aliphatic heterocycles. The van der Waals surface area contributed by atoms with Crippen LogP contribution in [-0.4, -0.2) is 4.98 Å². The molecular formula is C7H8BrN3. The van der Waals surface area contributed by atoms with Crippen LogP contribution in [0, 0.1) is 11.3 Å². The summed E-state index contributed by atoms with van der Waals surface area (Å²) in [6.45, 7) is 3.56. The Labute approximate surface area is 75.7 Å². The standard InChI is InChI=1S/C7H7N3.BrH/c1-2-10-5-7(3-4-8)9-6-10;/h2,5-6H,1,3H2;1H. The van der Waals surface area contributed by atoms with Crippen LogP contribution in [0.15, 0.2) is 19.1 Å². The Morgan fingerprint density at radius 3 is 3.00 bits per heavy atom. The van der Waals surface area contributed by atoms with E-state index in [0.29, 0.717) is 6.42 Å². The molecule has 1 aromatic rings. The molecule has 11 heavy (non-hydrogen) atoms. The number of aromatic nitrogens is 2. The van der Waals surface area contributed by atoms with Crippen molar-refractivity contribution in [2.24, 2.45) is 0 Å². The van der Waals surface area contributed by atoms with Gasteiger partial charge in [0.2, 0.25) is 6.33 Å². The molecule has 0 atom stereocenters. The maximum Gasteiger partial charge on any atom is 0.246 e. The molecule has 0 radical (unpaired) electrons. The van der Waals surface area contributed by atoms with E-state index in [9.17, 15) is 0 Å². The number of halogens is 1. The molecule has 0 amide bonds. The van der Waals surface area contributed by atoms with Gasteiger partial charge in [-0.2, -0.15) is 5.26 Å². The second-order valence-electron chi connectivity index (χ2n) is 1.89. The van der Waals surface area contributed by atoms with Gasteiger partial charge in [-0.05, 0) is 0 Å². The van der Waals surface area contributed by atoms with Crippen molar-refractivity contribution in [1.82, 2.24) is 4.98 Å². The van der Waals surface area contributed by atoms with Crippen LogP contribution in [0.1, 0.15) is 5.69 Å². The zero-order chi connectivity index (χ0) is 7.40. The van der Waals surface area contributed by atoms with E-state index in [1.165, 1.54) is 0 Å². The molecule has 1 N–H and O–H groups in total. The predicted octanol–water partition coefficient (Wildman–Crippen LogP) is -2.53. The molecule has 0 aliphatic carbocycles. The summed E-state index contributed by atoms with van der Waals surface area (Å²) in [6.07, 6.45) is 5.66. The first kappa shape index (κ1) is 9.92. The third-order valence-corrected chi connectivity index (χ3v) is 1.18. The Hall–Kier alpha value is -1.08. The van der Waals surface area contributed by atoms with E-state index in [1.807, 2.05) is 12.3 Å². The molecule has 0 fully saturated rings. The monoisotopic (exact) mass is 213 g/mol. The lowest BCUT2D eigenvalue weighted by molar-refractivity contribution is -0.566. The first-order valence-corrected chi connectivity index (χ1v) is 2.94. The summed E-state index contributed by atoms with van der Waals surface area (Å²) in [4.78, 5) is 2.93.